The molecule has 0 atom stereocenters. The summed E-state index contributed by atoms with van der Waals surface area (Å²) in [5, 5.41) is 8.81. The smallest absolute Gasteiger partial charge is 0.133 e. The van der Waals surface area contributed by atoms with Crippen LogP contribution in [-0.2, 0) is 0 Å². The molecule has 0 radical (unpaired) electrons. The van der Waals surface area contributed by atoms with Gasteiger partial charge in [0.15, 0.2) is 0 Å². The zero-order valence-electron chi connectivity index (χ0n) is 7.29. The van der Waals surface area contributed by atoms with Gasteiger partial charge < -0.3 is 4.98 Å². The second-order valence-corrected chi connectivity index (χ2v) is 2.86. The van der Waals surface area contributed by atoms with Crippen molar-refractivity contribution >= 4 is 0 Å². The highest BCUT2D eigenvalue weighted by atomic mass is 19.1. The number of benzene rings is 1. The Bertz CT molecular complexity index is 480. The van der Waals surface area contributed by atoms with Crippen molar-refractivity contribution in [2.75, 3.05) is 0 Å². The van der Waals surface area contributed by atoms with Crippen molar-refractivity contribution in [2.45, 2.75) is 0 Å². The Hall–Kier alpha value is -2.08. The fraction of sp³-hybridized carbons (Fsp3) is 0. The van der Waals surface area contributed by atoms with Gasteiger partial charge in [-0.2, -0.15) is 5.26 Å². The lowest BCUT2D eigenvalue weighted by atomic mass is 10.1. The second kappa shape index (κ2) is 3.35. The number of aromatic nitrogens is 1. The van der Waals surface area contributed by atoms with E-state index in [1.807, 2.05) is 6.07 Å². The Labute approximate surface area is 80.6 Å². The summed E-state index contributed by atoms with van der Waals surface area (Å²) < 4.78 is 13.4. The molecule has 0 amide bonds. The van der Waals surface area contributed by atoms with Crippen LogP contribution in [0.5, 0.6) is 0 Å². The third-order valence-electron chi connectivity index (χ3n) is 2.00. The van der Waals surface area contributed by atoms with E-state index < -0.39 is 0 Å². The van der Waals surface area contributed by atoms with E-state index in [2.05, 4.69) is 4.98 Å². The van der Waals surface area contributed by atoms with Crippen molar-refractivity contribution in [3.05, 3.63) is 47.9 Å². The van der Waals surface area contributed by atoms with Gasteiger partial charge in [-0.15, -0.1) is 0 Å². The highest BCUT2D eigenvalue weighted by Gasteiger charge is 2.10. The predicted octanol–water partition coefficient (Wildman–Crippen LogP) is 2.69. The van der Waals surface area contributed by atoms with Crippen LogP contribution in [0.2, 0.25) is 0 Å². The first-order valence-electron chi connectivity index (χ1n) is 4.15. The standard InChI is InChI=1S/C11H7FN2/c12-9-4-1-3-8(7-13)11(9)10-5-2-6-14-10/h1-6,14H. The fourth-order valence-electron chi connectivity index (χ4n) is 1.38. The van der Waals surface area contributed by atoms with Crippen LogP contribution in [0, 0.1) is 17.1 Å². The van der Waals surface area contributed by atoms with Crippen molar-refractivity contribution in [1.29, 1.82) is 5.26 Å². The molecule has 1 aromatic carbocycles. The lowest BCUT2D eigenvalue weighted by Gasteiger charge is -2.02. The van der Waals surface area contributed by atoms with Gasteiger partial charge in [-0.1, -0.05) is 6.07 Å². The molecule has 0 unspecified atom stereocenters. The highest BCUT2D eigenvalue weighted by Crippen LogP contribution is 2.24. The van der Waals surface area contributed by atoms with E-state index in [9.17, 15) is 4.39 Å². The van der Waals surface area contributed by atoms with Crippen LogP contribution in [-0.4, -0.2) is 4.98 Å². The number of H-pyrrole nitrogens is 1. The molecular weight excluding hydrogens is 179 g/mol. The van der Waals surface area contributed by atoms with Crippen LogP contribution in [0.3, 0.4) is 0 Å². The summed E-state index contributed by atoms with van der Waals surface area (Å²) in [6.45, 7) is 0. The van der Waals surface area contributed by atoms with Crippen molar-refractivity contribution < 1.29 is 4.39 Å². The van der Waals surface area contributed by atoms with Gasteiger partial charge in [0.1, 0.15) is 5.82 Å². The molecule has 0 bridgehead atoms. The molecule has 1 aromatic heterocycles. The first kappa shape index (κ1) is 8.52. The fourth-order valence-corrected chi connectivity index (χ4v) is 1.38. The molecule has 0 spiro atoms. The Morgan fingerprint density at radius 1 is 1.21 bits per heavy atom. The van der Waals surface area contributed by atoms with Crippen LogP contribution >= 0.6 is 0 Å². The molecule has 0 fully saturated rings. The average Bonchev–Trinajstić information content (AvgIpc) is 2.70. The number of halogens is 1. The lowest BCUT2D eigenvalue weighted by molar-refractivity contribution is 0.630. The summed E-state index contributed by atoms with van der Waals surface area (Å²) in [6, 6.07) is 9.94. The zero-order valence-corrected chi connectivity index (χ0v) is 7.29. The van der Waals surface area contributed by atoms with E-state index in [1.165, 1.54) is 12.1 Å². The van der Waals surface area contributed by atoms with Crippen LogP contribution in [0.25, 0.3) is 11.3 Å². The van der Waals surface area contributed by atoms with E-state index in [0.29, 0.717) is 16.8 Å². The summed E-state index contributed by atoms with van der Waals surface area (Å²) in [5.41, 5.74) is 1.30. The van der Waals surface area contributed by atoms with E-state index >= 15 is 0 Å². The molecule has 0 saturated heterocycles. The Balaban J connectivity index is 2.69. The van der Waals surface area contributed by atoms with Crippen molar-refractivity contribution in [3.8, 4) is 17.3 Å². The minimum absolute atomic E-state index is 0.333. The third kappa shape index (κ3) is 1.27. The number of nitriles is 1. The number of rotatable bonds is 1. The van der Waals surface area contributed by atoms with Crippen LogP contribution in [0.15, 0.2) is 36.5 Å². The molecule has 1 heterocycles. The SMILES string of the molecule is N#Cc1cccc(F)c1-c1ccc[nH]1. The monoisotopic (exact) mass is 186 g/mol. The minimum atomic E-state index is -0.383. The quantitative estimate of drug-likeness (QED) is 0.730. The molecule has 2 nitrogen and oxygen atoms in total. The molecular formula is C11H7FN2. The summed E-state index contributed by atoms with van der Waals surface area (Å²) in [4.78, 5) is 2.88. The summed E-state index contributed by atoms with van der Waals surface area (Å²) >= 11 is 0. The Morgan fingerprint density at radius 2 is 2.07 bits per heavy atom. The maximum atomic E-state index is 13.4. The highest BCUT2D eigenvalue weighted by molar-refractivity contribution is 5.68. The predicted molar refractivity (Wildman–Crippen MR) is 50.9 cm³/mol. The molecule has 3 heteroatoms. The summed E-state index contributed by atoms with van der Waals surface area (Å²) in [6.07, 6.45) is 1.70. The van der Waals surface area contributed by atoms with Gasteiger partial charge in [-0.25, -0.2) is 4.39 Å². The minimum Gasteiger partial charge on any atom is -0.361 e. The maximum absolute atomic E-state index is 13.4. The third-order valence-corrected chi connectivity index (χ3v) is 2.00. The molecule has 0 aliphatic heterocycles. The Morgan fingerprint density at radius 3 is 2.71 bits per heavy atom. The van der Waals surface area contributed by atoms with Crippen molar-refractivity contribution in [1.82, 2.24) is 4.98 Å². The molecule has 1 N–H and O–H groups in total. The van der Waals surface area contributed by atoms with Crippen LogP contribution < -0.4 is 0 Å². The topological polar surface area (TPSA) is 39.6 Å². The first-order chi connectivity index (χ1) is 6.83. The summed E-state index contributed by atoms with van der Waals surface area (Å²) in [5.74, 6) is -0.383. The lowest BCUT2D eigenvalue weighted by Crippen LogP contribution is -1.89. The largest absolute Gasteiger partial charge is 0.361 e. The maximum Gasteiger partial charge on any atom is 0.133 e. The van der Waals surface area contributed by atoms with Gasteiger partial charge in [-0.3, -0.25) is 0 Å². The number of hydrogen-bond acceptors (Lipinski definition) is 1. The van der Waals surface area contributed by atoms with Crippen molar-refractivity contribution in [3.63, 3.8) is 0 Å². The van der Waals surface area contributed by atoms with Crippen LogP contribution in [0.4, 0.5) is 4.39 Å². The van der Waals surface area contributed by atoms with Gasteiger partial charge in [-0.05, 0) is 24.3 Å². The molecule has 2 rings (SSSR count). The Kier molecular flexibility index (Phi) is 2.04. The molecule has 68 valence electrons. The molecule has 2 aromatic rings. The van der Waals surface area contributed by atoms with Gasteiger partial charge in [0.25, 0.3) is 0 Å². The van der Waals surface area contributed by atoms with Gasteiger partial charge in [0.05, 0.1) is 17.2 Å². The normalized spacial score (nSPS) is 9.71. The van der Waals surface area contributed by atoms with Gasteiger partial charge in [0, 0.05) is 11.9 Å². The van der Waals surface area contributed by atoms with E-state index in [-0.39, 0.29) is 5.82 Å². The van der Waals surface area contributed by atoms with Gasteiger partial charge in [0.2, 0.25) is 0 Å². The number of aromatic amines is 1. The molecule has 0 aliphatic carbocycles. The van der Waals surface area contributed by atoms with Gasteiger partial charge >= 0.3 is 0 Å². The first-order valence-corrected chi connectivity index (χ1v) is 4.15. The van der Waals surface area contributed by atoms with E-state index in [1.54, 1.807) is 24.4 Å². The molecule has 0 aliphatic rings. The van der Waals surface area contributed by atoms with Crippen LogP contribution in [0.1, 0.15) is 5.56 Å². The van der Waals surface area contributed by atoms with E-state index in [4.69, 9.17) is 5.26 Å². The number of hydrogen-bond donors (Lipinski definition) is 1. The van der Waals surface area contributed by atoms with E-state index in [0.717, 1.165) is 0 Å². The molecule has 0 saturated carbocycles. The number of nitrogens with zero attached hydrogens (tertiary/aromatic N) is 1. The molecule has 14 heavy (non-hydrogen) atoms. The number of nitrogens with one attached hydrogen (secondary N) is 1. The average molecular weight is 186 g/mol. The second-order valence-electron chi connectivity index (χ2n) is 2.86. The zero-order chi connectivity index (χ0) is 9.97. The van der Waals surface area contributed by atoms with Crippen molar-refractivity contribution in [2.24, 2.45) is 0 Å². The summed E-state index contributed by atoms with van der Waals surface area (Å²) in [7, 11) is 0.